The number of nitro benzene ring substituents is 1. The van der Waals surface area contributed by atoms with Gasteiger partial charge in [-0.2, -0.15) is 0 Å². The van der Waals surface area contributed by atoms with Gasteiger partial charge in [0.25, 0.3) is 5.69 Å². The van der Waals surface area contributed by atoms with Crippen molar-refractivity contribution in [3.8, 4) is 11.5 Å². The fraction of sp³-hybridized carbons (Fsp3) is 0.250. The minimum absolute atomic E-state index is 0.0208. The van der Waals surface area contributed by atoms with E-state index in [0.29, 0.717) is 5.56 Å². The quantitative estimate of drug-likeness (QED) is 0.552. The van der Waals surface area contributed by atoms with E-state index in [1.54, 1.807) is 0 Å². The zero-order valence-corrected chi connectivity index (χ0v) is 7.56. The maximum atomic E-state index is 10.5. The van der Waals surface area contributed by atoms with Crippen LogP contribution in [-0.4, -0.2) is 17.1 Å². The Bertz CT molecular complexity index is 365. The average molecular weight is 198 g/mol. The number of rotatable bonds is 3. The normalized spacial score (nSPS) is 9.86. The molecule has 0 heterocycles. The Balaban J connectivity index is 3.31. The lowest BCUT2D eigenvalue weighted by Gasteiger charge is -2.05. The van der Waals surface area contributed by atoms with Crippen LogP contribution in [-0.2, 0) is 6.54 Å². The number of phenolic OH excluding ortho intramolecular Hbond substituents is 1. The summed E-state index contributed by atoms with van der Waals surface area (Å²) in [5.41, 5.74) is 5.44. The predicted molar refractivity (Wildman–Crippen MR) is 49.2 cm³/mol. The van der Waals surface area contributed by atoms with Crippen LogP contribution in [0.1, 0.15) is 5.56 Å². The zero-order valence-electron chi connectivity index (χ0n) is 7.56. The van der Waals surface area contributed by atoms with E-state index in [1.807, 2.05) is 0 Å². The lowest BCUT2D eigenvalue weighted by atomic mass is 10.1. The molecule has 0 saturated carbocycles. The van der Waals surface area contributed by atoms with E-state index in [1.165, 1.54) is 13.2 Å². The first-order valence-electron chi connectivity index (χ1n) is 3.84. The number of nitro groups is 1. The van der Waals surface area contributed by atoms with Crippen LogP contribution in [0.4, 0.5) is 5.69 Å². The van der Waals surface area contributed by atoms with Gasteiger partial charge in [0.2, 0.25) is 0 Å². The molecule has 3 N–H and O–H groups in total. The van der Waals surface area contributed by atoms with Gasteiger partial charge in [-0.15, -0.1) is 0 Å². The molecule has 0 bridgehead atoms. The van der Waals surface area contributed by atoms with E-state index < -0.39 is 4.92 Å². The number of benzene rings is 1. The predicted octanol–water partition coefficient (Wildman–Crippen LogP) is 0.768. The van der Waals surface area contributed by atoms with Gasteiger partial charge in [0.1, 0.15) is 0 Å². The molecule has 1 aromatic carbocycles. The summed E-state index contributed by atoms with van der Waals surface area (Å²) in [5.74, 6) is -0.0903. The van der Waals surface area contributed by atoms with Crippen LogP contribution in [0.25, 0.3) is 0 Å². The Hall–Kier alpha value is -1.82. The molecule has 0 aliphatic carbocycles. The molecule has 0 aliphatic rings. The monoisotopic (exact) mass is 198 g/mol. The zero-order chi connectivity index (χ0) is 10.7. The molecular formula is C8H10N2O4. The van der Waals surface area contributed by atoms with Gasteiger partial charge in [-0.05, 0) is 6.07 Å². The molecule has 76 valence electrons. The van der Waals surface area contributed by atoms with Crippen molar-refractivity contribution >= 4 is 5.69 Å². The third kappa shape index (κ3) is 1.74. The minimum atomic E-state index is -0.596. The molecule has 0 atom stereocenters. The topological polar surface area (TPSA) is 98.6 Å². The van der Waals surface area contributed by atoms with Crippen LogP contribution in [0, 0.1) is 10.1 Å². The summed E-state index contributed by atoms with van der Waals surface area (Å²) in [4.78, 5) is 9.93. The second kappa shape index (κ2) is 3.93. The van der Waals surface area contributed by atoms with Gasteiger partial charge < -0.3 is 15.6 Å². The number of nitrogens with zero attached hydrogens (tertiary/aromatic N) is 1. The van der Waals surface area contributed by atoms with E-state index in [2.05, 4.69) is 0 Å². The lowest BCUT2D eigenvalue weighted by molar-refractivity contribution is -0.385. The number of aromatic hydroxyl groups is 1. The second-order valence-corrected chi connectivity index (χ2v) is 2.61. The number of hydrogen-bond acceptors (Lipinski definition) is 5. The fourth-order valence-corrected chi connectivity index (χ4v) is 1.10. The fourth-order valence-electron chi connectivity index (χ4n) is 1.10. The number of methoxy groups -OCH3 is 1. The molecule has 14 heavy (non-hydrogen) atoms. The smallest absolute Gasteiger partial charge is 0.277 e. The number of phenols is 1. The Kier molecular flexibility index (Phi) is 2.88. The molecule has 6 nitrogen and oxygen atoms in total. The third-order valence-electron chi connectivity index (χ3n) is 1.80. The first kappa shape index (κ1) is 10.3. The summed E-state index contributed by atoms with van der Waals surface area (Å²) in [6, 6.07) is 2.38. The van der Waals surface area contributed by atoms with E-state index in [0.717, 1.165) is 6.07 Å². The summed E-state index contributed by atoms with van der Waals surface area (Å²) in [6.45, 7) is 0.0208. The van der Waals surface area contributed by atoms with Crippen LogP contribution < -0.4 is 10.5 Å². The Morgan fingerprint density at radius 2 is 2.29 bits per heavy atom. The van der Waals surface area contributed by atoms with Crippen molar-refractivity contribution in [3.63, 3.8) is 0 Å². The van der Waals surface area contributed by atoms with Gasteiger partial charge in [0.05, 0.1) is 18.1 Å². The van der Waals surface area contributed by atoms with Crippen molar-refractivity contribution in [2.75, 3.05) is 7.11 Å². The van der Waals surface area contributed by atoms with Crippen LogP contribution in [0.15, 0.2) is 12.1 Å². The highest BCUT2D eigenvalue weighted by atomic mass is 16.6. The van der Waals surface area contributed by atoms with E-state index in [-0.39, 0.29) is 23.7 Å². The molecule has 6 heteroatoms. The Morgan fingerprint density at radius 3 is 2.71 bits per heavy atom. The van der Waals surface area contributed by atoms with Crippen molar-refractivity contribution in [2.24, 2.45) is 5.73 Å². The van der Waals surface area contributed by atoms with Crippen molar-refractivity contribution < 1.29 is 14.8 Å². The maximum absolute atomic E-state index is 10.5. The number of hydrogen-bond donors (Lipinski definition) is 2. The Morgan fingerprint density at radius 1 is 1.64 bits per heavy atom. The van der Waals surface area contributed by atoms with Crippen LogP contribution >= 0.6 is 0 Å². The van der Waals surface area contributed by atoms with E-state index in [4.69, 9.17) is 10.5 Å². The molecule has 0 amide bonds. The molecule has 0 spiro atoms. The molecule has 0 radical (unpaired) electrons. The van der Waals surface area contributed by atoms with Gasteiger partial charge >= 0.3 is 0 Å². The third-order valence-corrected chi connectivity index (χ3v) is 1.80. The van der Waals surface area contributed by atoms with Gasteiger partial charge in [0, 0.05) is 12.1 Å². The summed E-state index contributed by atoms with van der Waals surface area (Å²) < 4.78 is 4.79. The molecule has 0 fully saturated rings. The van der Waals surface area contributed by atoms with Crippen LogP contribution in [0.5, 0.6) is 11.5 Å². The molecular weight excluding hydrogens is 188 g/mol. The highest BCUT2D eigenvalue weighted by Crippen LogP contribution is 2.33. The van der Waals surface area contributed by atoms with Crippen molar-refractivity contribution in [1.82, 2.24) is 0 Å². The first-order valence-corrected chi connectivity index (χ1v) is 3.84. The summed E-state index contributed by atoms with van der Waals surface area (Å²) in [7, 11) is 1.36. The molecule has 0 aromatic heterocycles. The lowest BCUT2D eigenvalue weighted by Crippen LogP contribution is -2.02. The average Bonchev–Trinajstić information content (AvgIpc) is 2.17. The van der Waals surface area contributed by atoms with Crippen LogP contribution in [0.3, 0.4) is 0 Å². The SMILES string of the molecule is COc1cc(CN)c([N+](=O)[O-])cc1O. The molecule has 1 aromatic rings. The molecule has 0 saturated heterocycles. The van der Waals surface area contributed by atoms with Crippen molar-refractivity contribution in [2.45, 2.75) is 6.54 Å². The minimum Gasteiger partial charge on any atom is -0.504 e. The van der Waals surface area contributed by atoms with Crippen molar-refractivity contribution in [1.29, 1.82) is 0 Å². The maximum Gasteiger partial charge on any atom is 0.277 e. The van der Waals surface area contributed by atoms with Gasteiger partial charge in [-0.3, -0.25) is 10.1 Å². The second-order valence-electron chi connectivity index (χ2n) is 2.61. The highest BCUT2D eigenvalue weighted by molar-refractivity contribution is 5.53. The van der Waals surface area contributed by atoms with Gasteiger partial charge in [0.15, 0.2) is 11.5 Å². The standard InChI is InChI=1S/C8H10N2O4/c1-14-8-2-5(4-9)6(10(12)13)3-7(8)11/h2-3,11H,4,9H2,1H3. The summed E-state index contributed by atoms with van der Waals surface area (Å²) in [6.07, 6.45) is 0. The van der Waals surface area contributed by atoms with Gasteiger partial charge in [-0.1, -0.05) is 0 Å². The number of nitrogens with two attached hydrogens (primary N) is 1. The summed E-state index contributed by atoms with van der Waals surface area (Å²) in [5, 5.41) is 19.8. The molecule has 0 unspecified atom stereocenters. The molecule has 0 aliphatic heterocycles. The van der Waals surface area contributed by atoms with Gasteiger partial charge in [-0.25, -0.2) is 0 Å². The first-order chi connectivity index (χ1) is 6.60. The largest absolute Gasteiger partial charge is 0.504 e. The Labute approximate surface area is 80.1 Å². The van der Waals surface area contributed by atoms with E-state index in [9.17, 15) is 15.2 Å². The van der Waals surface area contributed by atoms with Crippen LogP contribution in [0.2, 0.25) is 0 Å². The van der Waals surface area contributed by atoms with E-state index >= 15 is 0 Å². The number of ether oxygens (including phenoxy) is 1. The highest BCUT2D eigenvalue weighted by Gasteiger charge is 2.16. The summed E-state index contributed by atoms with van der Waals surface area (Å²) >= 11 is 0. The molecule has 1 rings (SSSR count). The van der Waals surface area contributed by atoms with Crippen molar-refractivity contribution in [3.05, 3.63) is 27.8 Å².